The highest BCUT2D eigenvalue weighted by molar-refractivity contribution is 5.65. The average molecular weight is 357 g/mol. The van der Waals surface area contributed by atoms with Crippen molar-refractivity contribution in [1.29, 1.82) is 0 Å². The van der Waals surface area contributed by atoms with Crippen LogP contribution in [0.25, 0.3) is 12.2 Å². The zero-order chi connectivity index (χ0) is 18.3. The second-order valence-electron chi connectivity index (χ2n) is 6.09. The van der Waals surface area contributed by atoms with Crippen molar-refractivity contribution in [3.63, 3.8) is 0 Å². The van der Waals surface area contributed by atoms with E-state index in [0.717, 1.165) is 23.6 Å². The molecule has 0 fully saturated rings. The minimum atomic E-state index is 0.365. The van der Waals surface area contributed by atoms with Gasteiger partial charge in [0.25, 0.3) is 0 Å². The van der Waals surface area contributed by atoms with Gasteiger partial charge < -0.3 is 13.7 Å². The molecule has 0 spiro atoms. The van der Waals surface area contributed by atoms with E-state index in [1.54, 1.807) is 18.8 Å². The smallest absolute Gasteiger partial charge is 0.218 e. The van der Waals surface area contributed by atoms with Gasteiger partial charge in [-0.2, -0.15) is 0 Å². The topological polar surface area (TPSA) is 53.1 Å². The molecule has 4 aromatic rings. The number of nitrogens with zero attached hydrogens (tertiary/aromatic N) is 3. The molecule has 2 aromatic carbocycles. The summed E-state index contributed by atoms with van der Waals surface area (Å²) in [7, 11) is 0. The maximum atomic E-state index is 5.79. The van der Waals surface area contributed by atoms with Gasteiger partial charge in [0.15, 0.2) is 0 Å². The third-order valence-electron chi connectivity index (χ3n) is 4.02. The van der Waals surface area contributed by atoms with Gasteiger partial charge in [0.05, 0.1) is 6.33 Å². The Morgan fingerprint density at radius 1 is 1.00 bits per heavy atom. The molecule has 2 heterocycles. The van der Waals surface area contributed by atoms with Crippen molar-refractivity contribution in [2.45, 2.75) is 13.2 Å². The highest BCUT2D eigenvalue weighted by atomic mass is 16.5. The first-order valence-electron chi connectivity index (χ1n) is 8.70. The summed E-state index contributed by atoms with van der Waals surface area (Å²) < 4.78 is 13.3. The van der Waals surface area contributed by atoms with E-state index in [0.29, 0.717) is 12.5 Å². The minimum absolute atomic E-state index is 0.365. The Labute approximate surface area is 157 Å². The van der Waals surface area contributed by atoms with E-state index < -0.39 is 0 Å². The summed E-state index contributed by atoms with van der Waals surface area (Å²) in [4.78, 5) is 8.47. The summed E-state index contributed by atoms with van der Waals surface area (Å²) in [6, 6.07) is 18.1. The van der Waals surface area contributed by atoms with Crippen LogP contribution in [0.1, 0.15) is 22.7 Å². The van der Waals surface area contributed by atoms with Crippen LogP contribution in [0.5, 0.6) is 5.75 Å². The van der Waals surface area contributed by atoms with Gasteiger partial charge in [0.2, 0.25) is 5.89 Å². The van der Waals surface area contributed by atoms with Crippen molar-refractivity contribution < 1.29 is 9.15 Å². The molecule has 5 heteroatoms. The van der Waals surface area contributed by atoms with Crippen molar-refractivity contribution in [1.82, 2.24) is 14.5 Å². The first kappa shape index (κ1) is 16.8. The minimum Gasteiger partial charge on any atom is -0.487 e. The van der Waals surface area contributed by atoms with Crippen molar-refractivity contribution in [3.05, 3.63) is 102 Å². The Hall–Kier alpha value is -3.60. The van der Waals surface area contributed by atoms with E-state index in [2.05, 4.69) is 9.97 Å². The molecule has 4 rings (SSSR count). The monoisotopic (exact) mass is 357 g/mol. The third-order valence-corrected chi connectivity index (χ3v) is 4.02. The molecule has 0 aliphatic heterocycles. The van der Waals surface area contributed by atoms with Gasteiger partial charge in [0.1, 0.15) is 24.3 Å². The van der Waals surface area contributed by atoms with E-state index in [1.165, 1.54) is 5.56 Å². The lowest BCUT2D eigenvalue weighted by atomic mass is 10.2. The van der Waals surface area contributed by atoms with Gasteiger partial charge in [-0.3, -0.25) is 0 Å². The molecule has 0 saturated heterocycles. The summed E-state index contributed by atoms with van der Waals surface area (Å²) in [5.74, 6) is 1.36. The Balaban J connectivity index is 1.31. The second kappa shape index (κ2) is 8.19. The number of hydrogen-bond donors (Lipinski definition) is 0. The van der Waals surface area contributed by atoms with Crippen molar-refractivity contribution in [2.75, 3.05) is 0 Å². The van der Waals surface area contributed by atoms with E-state index in [4.69, 9.17) is 9.15 Å². The SMILES string of the molecule is C(=C\c1nc(COc2ccc(Cn3ccnc3)cc2)co1)/c1ccccc1. The number of hydrogen-bond acceptors (Lipinski definition) is 4. The summed E-state index contributed by atoms with van der Waals surface area (Å²) in [5.41, 5.74) is 3.05. The zero-order valence-electron chi connectivity index (χ0n) is 14.7. The molecule has 0 radical (unpaired) electrons. The van der Waals surface area contributed by atoms with Crippen LogP contribution in [0, 0.1) is 0 Å². The number of imidazole rings is 1. The second-order valence-corrected chi connectivity index (χ2v) is 6.09. The average Bonchev–Trinajstić information content (AvgIpc) is 3.39. The molecule has 0 N–H and O–H groups in total. The van der Waals surface area contributed by atoms with Crippen LogP contribution in [0.4, 0.5) is 0 Å². The fraction of sp³-hybridized carbons (Fsp3) is 0.0909. The van der Waals surface area contributed by atoms with Crippen molar-refractivity contribution in [3.8, 4) is 5.75 Å². The molecule has 134 valence electrons. The Morgan fingerprint density at radius 2 is 1.85 bits per heavy atom. The molecule has 0 aliphatic rings. The molecule has 0 atom stereocenters. The lowest BCUT2D eigenvalue weighted by Gasteiger charge is -2.06. The number of ether oxygens (including phenoxy) is 1. The predicted molar refractivity (Wildman–Crippen MR) is 104 cm³/mol. The molecule has 5 nitrogen and oxygen atoms in total. The molecule has 0 amide bonds. The highest BCUT2D eigenvalue weighted by Crippen LogP contribution is 2.15. The number of aromatic nitrogens is 3. The first-order chi connectivity index (χ1) is 13.3. The largest absolute Gasteiger partial charge is 0.487 e. The zero-order valence-corrected chi connectivity index (χ0v) is 14.7. The van der Waals surface area contributed by atoms with E-state index >= 15 is 0 Å². The number of rotatable bonds is 7. The van der Waals surface area contributed by atoms with Gasteiger partial charge in [-0.05, 0) is 29.3 Å². The third kappa shape index (κ3) is 4.73. The molecular weight excluding hydrogens is 338 g/mol. The fourth-order valence-electron chi connectivity index (χ4n) is 2.64. The molecular formula is C22H19N3O2. The Morgan fingerprint density at radius 3 is 2.63 bits per heavy atom. The van der Waals surface area contributed by atoms with Gasteiger partial charge in [-0.1, -0.05) is 42.5 Å². The molecule has 0 unspecified atom stereocenters. The van der Waals surface area contributed by atoms with Gasteiger partial charge in [-0.25, -0.2) is 9.97 Å². The fourth-order valence-corrected chi connectivity index (χ4v) is 2.64. The lowest BCUT2D eigenvalue weighted by molar-refractivity contribution is 0.301. The maximum absolute atomic E-state index is 5.79. The van der Waals surface area contributed by atoms with Crippen LogP contribution < -0.4 is 4.74 Å². The predicted octanol–water partition coefficient (Wildman–Crippen LogP) is 4.67. The van der Waals surface area contributed by atoms with Crippen LogP contribution in [0.3, 0.4) is 0 Å². The molecule has 0 bridgehead atoms. The van der Waals surface area contributed by atoms with Crippen molar-refractivity contribution in [2.24, 2.45) is 0 Å². The van der Waals surface area contributed by atoms with Crippen LogP contribution in [0.15, 0.2) is 84.0 Å². The Kier molecular flexibility index (Phi) is 5.11. The van der Waals surface area contributed by atoms with Crippen molar-refractivity contribution >= 4 is 12.2 Å². The van der Waals surface area contributed by atoms with Crippen LogP contribution >= 0.6 is 0 Å². The normalized spacial score (nSPS) is 11.1. The van der Waals surface area contributed by atoms with Crippen LogP contribution in [-0.4, -0.2) is 14.5 Å². The first-order valence-corrected chi connectivity index (χ1v) is 8.70. The molecule has 0 aliphatic carbocycles. The summed E-state index contributed by atoms with van der Waals surface area (Å²) in [5, 5.41) is 0. The number of benzene rings is 2. The lowest BCUT2D eigenvalue weighted by Crippen LogP contribution is -1.98. The standard InChI is InChI=1S/C22H19N3O2/c1-2-4-18(5-3-1)8-11-22-24-20(16-27-22)15-26-21-9-6-19(7-10-21)14-25-13-12-23-17-25/h1-13,16-17H,14-15H2/b11-8+. The maximum Gasteiger partial charge on any atom is 0.218 e. The summed E-state index contributed by atoms with van der Waals surface area (Å²) >= 11 is 0. The molecule has 2 aromatic heterocycles. The molecule has 0 saturated carbocycles. The quantitative estimate of drug-likeness (QED) is 0.482. The van der Waals surface area contributed by atoms with Crippen LogP contribution in [0.2, 0.25) is 0 Å². The van der Waals surface area contributed by atoms with E-state index in [-0.39, 0.29) is 0 Å². The van der Waals surface area contributed by atoms with Gasteiger partial charge in [-0.15, -0.1) is 0 Å². The van der Waals surface area contributed by atoms with E-state index in [9.17, 15) is 0 Å². The van der Waals surface area contributed by atoms with E-state index in [1.807, 2.05) is 77.5 Å². The Bertz CT molecular complexity index is 988. The van der Waals surface area contributed by atoms with Crippen LogP contribution in [-0.2, 0) is 13.2 Å². The van der Waals surface area contributed by atoms with Gasteiger partial charge in [0, 0.05) is 25.0 Å². The van der Waals surface area contributed by atoms with Gasteiger partial charge >= 0.3 is 0 Å². The summed E-state index contributed by atoms with van der Waals surface area (Å²) in [6.45, 7) is 1.16. The highest BCUT2D eigenvalue weighted by Gasteiger charge is 2.03. The molecule has 27 heavy (non-hydrogen) atoms. The summed E-state index contributed by atoms with van der Waals surface area (Å²) in [6.07, 6.45) is 11.0. The number of oxazole rings is 1.